The number of nitrogens with zero attached hydrogens (tertiary/aromatic N) is 1. The molecule has 0 aromatic carbocycles. The number of carbonyl (C=O) groups excluding carboxylic acids is 1. The second-order valence-electron chi connectivity index (χ2n) is 4.30. The first-order valence-corrected chi connectivity index (χ1v) is 5.18. The van der Waals surface area contributed by atoms with Gasteiger partial charge in [-0.25, -0.2) is 4.79 Å². The summed E-state index contributed by atoms with van der Waals surface area (Å²) in [4.78, 5) is 23.9. The van der Waals surface area contributed by atoms with Crippen LogP contribution in [0.1, 0.15) is 26.7 Å². The fraction of sp³-hybridized carbons (Fsp3) is 0.800. The SMILES string of the molecule is CC(=O)N1[C@H](C(=O)O)C[C@@H]2O[C@H](C)C[C@@H]21. The molecule has 2 saturated heterocycles. The van der Waals surface area contributed by atoms with Gasteiger partial charge in [-0.2, -0.15) is 0 Å². The normalized spacial score (nSPS) is 39.2. The van der Waals surface area contributed by atoms with Crippen molar-refractivity contribution in [2.45, 2.75) is 51.0 Å². The maximum atomic E-state index is 11.4. The van der Waals surface area contributed by atoms with Crippen LogP contribution in [0, 0.1) is 0 Å². The molecule has 0 spiro atoms. The summed E-state index contributed by atoms with van der Waals surface area (Å²) >= 11 is 0. The number of rotatable bonds is 1. The van der Waals surface area contributed by atoms with Gasteiger partial charge in [0, 0.05) is 13.3 Å². The summed E-state index contributed by atoms with van der Waals surface area (Å²) in [5, 5.41) is 9.00. The van der Waals surface area contributed by atoms with Gasteiger partial charge in [0.25, 0.3) is 0 Å². The Morgan fingerprint density at radius 3 is 2.60 bits per heavy atom. The van der Waals surface area contributed by atoms with E-state index in [4.69, 9.17) is 9.84 Å². The number of carbonyl (C=O) groups is 2. The molecule has 5 nitrogen and oxygen atoms in total. The minimum atomic E-state index is -0.934. The third-order valence-electron chi connectivity index (χ3n) is 3.21. The van der Waals surface area contributed by atoms with Crippen LogP contribution in [0.4, 0.5) is 0 Å². The molecule has 0 unspecified atom stereocenters. The molecule has 0 aliphatic carbocycles. The number of fused-ring (bicyclic) bond motifs is 1. The highest BCUT2D eigenvalue weighted by Gasteiger charge is 2.50. The minimum Gasteiger partial charge on any atom is -0.480 e. The van der Waals surface area contributed by atoms with E-state index in [1.165, 1.54) is 11.8 Å². The lowest BCUT2D eigenvalue weighted by Gasteiger charge is -2.25. The second-order valence-corrected chi connectivity index (χ2v) is 4.30. The smallest absolute Gasteiger partial charge is 0.326 e. The number of likely N-dealkylation sites (tertiary alicyclic amines) is 1. The Morgan fingerprint density at radius 1 is 1.40 bits per heavy atom. The van der Waals surface area contributed by atoms with Gasteiger partial charge in [-0.1, -0.05) is 0 Å². The quantitative estimate of drug-likeness (QED) is 0.677. The van der Waals surface area contributed by atoms with Gasteiger partial charge in [0.1, 0.15) is 6.04 Å². The van der Waals surface area contributed by atoms with Crippen molar-refractivity contribution in [3.05, 3.63) is 0 Å². The molecule has 2 aliphatic heterocycles. The molecule has 4 atom stereocenters. The molecular formula is C10H15NO4. The van der Waals surface area contributed by atoms with Gasteiger partial charge in [-0.05, 0) is 13.3 Å². The van der Waals surface area contributed by atoms with Gasteiger partial charge in [0.05, 0.1) is 18.2 Å². The molecule has 0 aromatic heterocycles. The third kappa shape index (κ3) is 1.61. The van der Waals surface area contributed by atoms with Crippen LogP contribution in [0.25, 0.3) is 0 Å². The number of amides is 1. The lowest BCUT2D eigenvalue weighted by atomic mass is 10.1. The van der Waals surface area contributed by atoms with Crippen molar-refractivity contribution in [2.75, 3.05) is 0 Å². The highest BCUT2D eigenvalue weighted by Crippen LogP contribution is 2.36. The molecule has 0 saturated carbocycles. The van der Waals surface area contributed by atoms with Crippen LogP contribution in [0.2, 0.25) is 0 Å². The topological polar surface area (TPSA) is 66.8 Å². The molecule has 0 radical (unpaired) electrons. The van der Waals surface area contributed by atoms with E-state index in [1.807, 2.05) is 6.92 Å². The van der Waals surface area contributed by atoms with Crippen LogP contribution >= 0.6 is 0 Å². The summed E-state index contributed by atoms with van der Waals surface area (Å²) in [6.07, 6.45) is 1.19. The maximum Gasteiger partial charge on any atom is 0.326 e. The Bertz CT molecular complexity index is 304. The first kappa shape index (κ1) is 10.4. The lowest BCUT2D eigenvalue weighted by molar-refractivity contribution is -0.148. The number of carboxylic acids is 1. The molecule has 1 amide bonds. The third-order valence-corrected chi connectivity index (χ3v) is 3.21. The number of ether oxygens (including phenoxy) is 1. The average Bonchev–Trinajstić information content (AvgIpc) is 2.58. The van der Waals surface area contributed by atoms with Gasteiger partial charge in [0.15, 0.2) is 0 Å². The van der Waals surface area contributed by atoms with Crippen molar-refractivity contribution in [2.24, 2.45) is 0 Å². The van der Waals surface area contributed by atoms with Crippen LogP contribution in [0.5, 0.6) is 0 Å². The van der Waals surface area contributed by atoms with Crippen LogP contribution in [0.3, 0.4) is 0 Å². The minimum absolute atomic E-state index is 0.0430. The average molecular weight is 213 g/mol. The molecule has 2 rings (SSSR count). The number of hydrogen-bond acceptors (Lipinski definition) is 3. The van der Waals surface area contributed by atoms with Crippen molar-refractivity contribution in [3.63, 3.8) is 0 Å². The molecule has 0 bridgehead atoms. The summed E-state index contributed by atoms with van der Waals surface area (Å²) in [7, 11) is 0. The molecule has 2 fully saturated rings. The summed E-state index contributed by atoms with van der Waals surface area (Å²) < 4.78 is 5.59. The highest BCUT2D eigenvalue weighted by molar-refractivity contribution is 5.83. The lowest BCUT2D eigenvalue weighted by Crippen LogP contribution is -2.44. The molecule has 2 heterocycles. The van der Waals surface area contributed by atoms with Crippen LogP contribution < -0.4 is 0 Å². The zero-order valence-corrected chi connectivity index (χ0v) is 8.84. The largest absolute Gasteiger partial charge is 0.480 e. The van der Waals surface area contributed by atoms with E-state index in [0.717, 1.165) is 6.42 Å². The van der Waals surface area contributed by atoms with E-state index < -0.39 is 12.0 Å². The number of hydrogen-bond donors (Lipinski definition) is 1. The molecule has 1 N–H and O–H groups in total. The second kappa shape index (κ2) is 3.48. The molecule has 5 heteroatoms. The highest BCUT2D eigenvalue weighted by atomic mass is 16.5. The summed E-state index contributed by atoms with van der Waals surface area (Å²) in [5.74, 6) is -1.11. The Balaban J connectivity index is 2.21. The maximum absolute atomic E-state index is 11.4. The Morgan fingerprint density at radius 2 is 2.07 bits per heavy atom. The molecule has 2 aliphatic rings. The van der Waals surface area contributed by atoms with E-state index in [9.17, 15) is 9.59 Å². The number of carboxylic acid groups (broad SMARTS) is 1. The van der Waals surface area contributed by atoms with E-state index in [1.54, 1.807) is 0 Å². The Labute approximate surface area is 88.0 Å². The van der Waals surface area contributed by atoms with Gasteiger partial charge in [-0.15, -0.1) is 0 Å². The van der Waals surface area contributed by atoms with Crippen molar-refractivity contribution in [3.8, 4) is 0 Å². The molecule has 0 aromatic rings. The van der Waals surface area contributed by atoms with Gasteiger partial charge in [-0.3, -0.25) is 4.79 Å². The molecule has 15 heavy (non-hydrogen) atoms. The van der Waals surface area contributed by atoms with Gasteiger partial charge >= 0.3 is 5.97 Å². The van der Waals surface area contributed by atoms with E-state index in [0.29, 0.717) is 6.42 Å². The zero-order chi connectivity index (χ0) is 11.2. The predicted molar refractivity (Wildman–Crippen MR) is 51.3 cm³/mol. The van der Waals surface area contributed by atoms with Crippen molar-refractivity contribution in [1.82, 2.24) is 4.90 Å². The first-order chi connectivity index (χ1) is 7.00. The fourth-order valence-corrected chi connectivity index (χ4v) is 2.68. The predicted octanol–water partition coefficient (Wildman–Crippen LogP) is 0.238. The Hall–Kier alpha value is -1.10. The van der Waals surface area contributed by atoms with E-state index >= 15 is 0 Å². The Kier molecular flexibility index (Phi) is 2.42. The van der Waals surface area contributed by atoms with E-state index in [-0.39, 0.29) is 24.2 Å². The standard InChI is InChI=1S/C10H15NO4/c1-5-3-7-9(15-5)4-8(10(13)14)11(7)6(2)12/h5,7-9H,3-4H2,1-2H3,(H,13,14)/t5-,7+,8+,9+/m1/s1. The van der Waals surface area contributed by atoms with Crippen LogP contribution in [-0.4, -0.2) is 46.2 Å². The summed E-state index contributed by atoms with van der Waals surface area (Å²) in [5.41, 5.74) is 0. The van der Waals surface area contributed by atoms with Crippen molar-refractivity contribution >= 4 is 11.9 Å². The number of aliphatic carboxylic acids is 1. The summed E-state index contributed by atoms with van der Waals surface area (Å²) in [6, 6.07) is -0.747. The fourth-order valence-electron chi connectivity index (χ4n) is 2.68. The van der Waals surface area contributed by atoms with E-state index in [2.05, 4.69) is 0 Å². The van der Waals surface area contributed by atoms with Gasteiger partial charge < -0.3 is 14.7 Å². The molecule has 84 valence electrons. The zero-order valence-electron chi connectivity index (χ0n) is 8.84. The van der Waals surface area contributed by atoms with Crippen LogP contribution in [0.15, 0.2) is 0 Å². The van der Waals surface area contributed by atoms with Crippen molar-refractivity contribution < 1.29 is 19.4 Å². The monoisotopic (exact) mass is 213 g/mol. The van der Waals surface area contributed by atoms with Gasteiger partial charge in [0.2, 0.25) is 5.91 Å². The van der Waals surface area contributed by atoms with Crippen molar-refractivity contribution in [1.29, 1.82) is 0 Å². The molecular weight excluding hydrogens is 198 g/mol. The van der Waals surface area contributed by atoms with Crippen LogP contribution in [-0.2, 0) is 14.3 Å². The first-order valence-electron chi connectivity index (χ1n) is 5.18. The summed E-state index contributed by atoms with van der Waals surface area (Å²) in [6.45, 7) is 3.37.